The summed E-state index contributed by atoms with van der Waals surface area (Å²) in [5, 5.41) is 9.42. The fourth-order valence-corrected chi connectivity index (χ4v) is 1.27. The van der Waals surface area contributed by atoms with E-state index in [1.165, 1.54) is 0 Å². The van der Waals surface area contributed by atoms with Gasteiger partial charge in [0.25, 0.3) is 0 Å². The van der Waals surface area contributed by atoms with Crippen LogP contribution in [0.1, 0.15) is 15.9 Å². The van der Waals surface area contributed by atoms with Crippen molar-refractivity contribution in [1.29, 1.82) is 0 Å². The van der Waals surface area contributed by atoms with E-state index in [1.54, 1.807) is 24.3 Å². The van der Waals surface area contributed by atoms with Gasteiger partial charge in [-0.05, 0) is 18.1 Å². The van der Waals surface area contributed by atoms with Gasteiger partial charge in [0, 0.05) is 5.56 Å². The predicted octanol–water partition coefficient (Wildman–Crippen LogP) is 0.176. The molecule has 0 aliphatic rings. The van der Waals surface area contributed by atoms with Crippen molar-refractivity contribution >= 4 is 12.3 Å². The van der Waals surface area contributed by atoms with Crippen LogP contribution in [0.4, 0.5) is 0 Å². The third kappa shape index (κ3) is 3.07. The van der Waals surface area contributed by atoms with E-state index in [2.05, 4.69) is 0 Å². The minimum Gasteiger partial charge on any atom is -0.366 e. The molecule has 0 aliphatic heterocycles. The Morgan fingerprint density at radius 3 is 2.73 bits per heavy atom. The Labute approximate surface area is 87.1 Å². The minimum atomic E-state index is -0.513. The second-order valence-corrected chi connectivity index (χ2v) is 3.04. The Bertz CT molecular complexity index is 365. The Balaban J connectivity index is 2.76. The highest BCUT2D eigenvalue weighted by molar-refractivity contribution is 5.94. The molecule has 0 unspecified atom stereocenters. The molecule has 1 aromatic rings. The number of nitrogens with two attached hydrogens (primary N) is 1. The van der Waals surface area contributed by atoms with Crippen molar-refractivity contribution in [1.82, 2.24) is 5.06 Å². The van der Waals surface area contributed by atoms with Crippen LogP contribution in [0.5, 0.6) is 0 Å². The van der Waals surface area contributed by atoms with Crippen LogP contribution in [-0.2, 0) is 11.2 Å². The van der Waals surface area contributed by atoms with Crippen molar-refractivity contribution in [3.8, 4) is 0 Å². The molecule has 0 spiro atoms. The van der Waals surface area contributed by atoms with E-state index in [9.17, 15) is 9.59 Å². The molecule has 0 saturated heterocycles. The maximum atomic E-state index is 11.0. The fourth-order valence-electron chi connectivity index (χ4n) is 1.27. The molecule has 0 saturated carbocycles. The van der Waals surface area contributed by atoms with Crippen molar-refractivity contribution < 1.29 is 14.8 Å². The highest BCUT2D eigenvalue weighted by Gasteiger charge is 2.07. The second-order valence-electron chi connectivity index (χ2n) is 3.04. The zero-order chi connectivity index (χ0) is 11.3. The molecule has 0 heterocycles. The molecular formula is C10H12N2O3. The first-order valence-electron chi connectivity index (χ1n) is 4.43. The maximum absolute atomic E-state index is 11.0. The molecule has 15 heavy (non-hydrogen) atoms. The van der Waals surface area contributed by atoms with Gasteiger partial charge >= 0.3 is 0 Å². The van der Waals surface area contributed by atoms with Crippen molar-refractivity contribution in [2.24, 2.45) is 5.73 Å². The average molecular weight is 208 g/mol. The number of benzene rings is 1. The number of primary amides is 1. The van der Waals surface area contributed by atoms with Gasteiger partial charge in [0.2, 0.25) is 12.3 Å². The summed E-state index contributed by atoms with van der Waals surface area (Å²) >= 11 is 0. The third-order valence-electron chi connectivity index (χ3n) is 2.01. The highest BCUT2D eigenvalue weighted by Crippen LogP contribution is 2.08. The molecule has 80 valence electrons. The standard InChI is InChI=1S/C10H12N2O3/c11-10(14)9-4-2-1-3-8(9)5-6-12(15)7-13/h1-4,7,15H,5-6H2,(H2,11,14). The number of hydroxylamine groups is 2. The van der Waals surface area contributed by atoms with Crippen molar-refractivity contribution in [2.45, 2.75) is 6.42 Å². The number of hydrogen-bond acceptors (Lipinski definition) is 3. The molecule has 0 atom stereocenters. The minimum absolute atomic E-state index is 0.133. The summed E-state index contributed by atoms with van der Waals surface area (Å²) in [7, 11) is 0. The lowest BCUT2D eigenvalue weighted by atomic mass is 10.0. The summed E-state index contributed by atoms with van der Waals surface area (Å²) in [5.41, 5.74) is 6.30. The first-order valence-corrected chi connectivity index (χ1v) is 4.43. The third-order valence-corrected chi connectivity index (χ3v) is 2.01. The quantitative estimate of drug-likeness (QED) is 0.411. The first kappa shape index (κ1) is 11.2. The zero-order valence-corrected chi connectivity index (χ0v) is 8.09. The van der Waals surface area contributed by atoms with Crippen LogP contribution in [0.3, 0.4) is 0 Å². The lowest BCUT2D eigenvalue weighted by Gasteiger charge is -2.10. The van der Waals surface area contributed by atoms with Gasteiger partial charge in [0.15, 0.2) is 0 Å². The van der Waals surface area contributed by atoms with Crippen LogP contribution < -0.4 is 5.73 Å². The van der Waals surface area contributed by atoms with Gasteiger partial charge in [-0.25, -0.2) is 5.06 Å². The number of carbonyl (C=O) groups excluding carboxylic acids is 2. The summed E-state index contributed by atoms with van der Waals surface area (Å²) < 4.78 is 0. The fraction of sp³-hybridized carbons (Fsp3) is 0.200. The van der Waals surface area contributed by atoms with Crippen LogP contribution >= 0.6 is 0 Å². The monoisotopic (exact) mass is 208 g/mol. The van der Waals surface area contributed by atoms with Crippen molar-refractivity contribution in [3.05, 3.63) is 35.4 Å². The van der Waals surface area contributed by atoms with Gasteiger partial charge < -0.3 is 5.73 Å². The molecule has 0 aliphatic carbocycles. The smallest absolute Gasteiger partial charge is 0.248 e. The van der Waals surface area contributed by atoms with Crippen LogP contribution in [-0.4, -0.2) is 29.1 Å². The summed E-state index contributed by atoms with van der Waals surface area (Å²) in [6, 6.07) is 6.82. The number of rotatable bonds is 5. The zero-order valence-electron chi connectivity index (χ0n) is 8.09. The molecular weight excluding hydrogens is 196 g/mol. The molecule has 1 aromatic carbocycles. The molecule has 0 fully saturated rings. The Morgan fingerprint density at radius 1 is 1.47 bits per heavy atom. The number of hydrogen-bond donors (Lipinski definition) is 2. The van der Waals surface area contributed by atoms with Crippen LogP contribution in [0.25, 0.3) is 0 Å². The van der Waals surface area contributed by atoms with Gasteiger partial charge in [-0.1, -0.05) is 18.2 Å². The van der Waals surface area contributed by atoms with Gasteiger partial charge in [-0.3, -0.25) is 14.8 Å². The Morgan fingerprint density at radius 2 is 2.13 bits per heavy atom. The van der Waals surface area contributed by atoms with E-state index in [1.807, 2.05) is 0 Å². The summed E-state index contributed by atoms with van der Waals surface area (Å²) in [5.74, 6) is -0.513. The van der Waals surface area contributed by atoms with Gasteiger partial charge in [-0.15, -0.1) is 0 Å². The summed E-state index contributed by atoms with van der Waals surface area (Å²) in [6.07, 6.45) is 0.696. The summed E-state index contributed by atoms with van der Waals surface area (Å²) in [6.45, 7) is 0.133. The van der Waals surface area contributed by atoms with E-state index in [4.69, 9.17) is 10.9 Å². The lowest BCUT2D eigenvalue weighted by Crippen LogP contribution is -2.21. The van der Waals surface area contributed by atoms with Gasteiger partial charge in [0.1, 0.15) is 0 Å². The topological polar surface area (TPSA) is 83.6 Å². The van der Waals surface area contributed by atoms with E-state index < -0.39 is 5.91 Å². The van der Waals surface area contributed by atoms with E-state index in [-0.39, 0.29) is 6.54 Å². The molecule has 0 bridgehead atoms. The Hall–Kier alpha value is -1.88. The molecule has 5 heteroatoms. The van der Waals surface area contributed by atoms with Gasteiger partial charge in [0.05, 0.1) is 6.54 Å². The predicted molar refractivity (Wildman–Crippen MR) is 53.2 cm³/mol. The second kappa shape index (κ2) is 5.11. The lowest BCUT2D eigenvalue weighted by molar-refractivity contribution is -0.149. The SMILES string of the molecule is NC(=O)c1ccccc1CCN(O)C=O. The normalized spacial score (nSPS) is 9.67. The molecule has 3 N–H and O–H groups in total. The molecule has 1 rings (SSSR count). The average Bonchev–Trinajstić information content (AvgIpc) is 2.26. The highest BCUT2D eigenvalue weighted by atomic mass is 16.5. The van der Waals surface area contributed by atoms with E-state index in [0.717, 1.165) is 0 Å². The molecule has 5 nitrogen and oxygen atoms in total. The van der Waals surface area contributed by atoms with Crippen LogP contribution in [0, 0.1) is 0 Å². The largest absolute Gasteiger partial charge is 0.366 e. The van der Waals surface area contributed by atoms with E-state index >= 15 is 0 Å². The molecule has 0 aromatic heterocycles. The number of nitrogens with zero attached hydrogens (tertiary/aromatic N) is 1. The summed E-state index contributed by atoms with van der Waals surface area (Å²) in [4.78, 5) is 21.1. The van der Waals surface area contributed by atoms with Gasteiger partial charge in [-0.2, -0.15) is 0 Å². The Kier molecular flexibility index (Phi) is 3.82. The van der Waals surface area contributed by atoms with E-state index in [0.29, 0.717) is 29.0 Å². The van der Waals surface area contributed by atoms with Crippen molar-refractivity contribution in [3.63, 3.8) is 0 Å². The molecule has 0 radical (unpaired) electrons. The van der Waals surface area contributed by atoms with Crippen LogP contribution in [0.15, 0.2) is 24.3 Å². The number of carbonyl (C=O) groups is 2. The first-order chi connectivity index (χ1) is 7.15. The number of amides is 2. The molecule has 2 amide bonds. The maximum Gasteiger partial charge on any atom is 0.248 e. The van der Waals surface area contributed by atoms with Crippen LogP contribution in [0.2, 0.25) is 0 Å². The van der Waals surface area contributed by atoms with Crippen molar-refractivity contribution in [2.75, 3.05) is 6.54 Å².